The Hall–Kier alpha value is -4.47. The number of aromatic nitrogens is 4. The third-order valence-electron chi connectivity index (χ3n) is 10.3. The van der Waals surface area contributed by atoms with Crippen molar-refractivity contribution in [3.05, 3.63) is 131 Å². The maximum Gasteiger partial charge on any atom is 2.00 e. The van der Waals surface area contributed by atoms with Gasteiger partial charge in [0.05, 0.1) is 5.69 Å². The number of nitrogens with zero attached hydrogens (tertiary/aromatic N) is 4. The number of pyridine rings is 1. The first-order valence-electron chi connectivity index (χ1n) is 19.2. The fraction of sp³-hybridized carbons (Fsp3) is 0.333. The Morgan fingerprint density at radius 1 is 0.833 bits per heavy atom. The minimum Gasteiger partial charge on any atom is -0.509 e. The average molecular weight is 896 g/mol. The van der Waals surface area contributed by atoms with Gasteiger partial charge in [-0.15, -0.1) is 35.7 Å². The van der Waals surface area contributed by atoms with Gasteiger partial charge >= 0.3 is 21.1 Å². The summed E-state index contributed by atoms with van der Waals surface area (Å²) >= 11 is 0. The molecule has 280 valence electrons. The molecule has 4 aromatic carbocycles. The van der Waals surface area contributed by atoms with Crippen molar-refractivity contribution in [2.24, 2.45) is 11.3 Å². The third-order valence-corrected chi connectivity index (χ3v) is 10.3. The van der Waals surface area contributed by atoms with Crippen molar-refractivity contribution >= 4 is 21.8 Å². The van der Waals surface area contributed by atoms with Crippen LogP contribution in [0.25, 0.3) is 44.4 Å². The standard InChI is InChI=1S/C48H52N4O.Pt/c1-10-14-31(2)23-33(4)38-17-20-44-43(27-38)42-19-18-40(29-45(42)51(44)46-24-32(3)21-22-49-46)53-41-26-36(30-48(7,8)9)25-39(28-41)52-35(6)47(34(5)50-52)37-15-12-11-13-16-37;/h11-13,15-22,24-27,31,33H,10,14,23,30H2,1-9H3;/q-2;+2. The van der Waals surface area contributed by atoms with E-state index in [9.17, 15) is 0 Å². The summed E-state index contributed by atoms with van der Waals surface area (Å²) in [6.07, 6.45) is 6.43. The summed E-state index contributed by atoms with van der Waals surface area (Å²) in [5.41, 5.74) is 11.0. The van der Waals surface area contributed by atoms with E-state index in [0.29, 0.717) is 23.3 Å². The maximum atomic E-state index is 6.72. The van der Waals surface area contributed by atoms with E-state index in [1.54, 1.807) is 0 Å². The maximum absolute atomic E-state index is 6.72. The molecule has 0 fully saturated rings. The first-order chi connectivity index (χ1) is 25.4. The second-order valence-electron chi connectivity index (χ2n) is 16.3. The molecule has 0 saturated carbocycles. The molecule has 2 atom stereocenters. The first kappa shape index (κ1) is 39.2. The van der Waals surface area contributed by atoms with Crippen LogP contribution in [0.4, 0.5) is 0 Å². The van der Waals surface area contributed by atoms with Gasteiger partial charge in [0.25, 0.3) is 0 Å². The minimum atomic E-state index is 0. The molecule has 0 N–H and O–H groups in total. The molecule has 3 aromatic heterocycles. The number of hydrogen-bond acceptors (Lipinski definition) is 3. The van der Waals surface area contributed by atoms with E-state index in [4.69, 9.17) is 14.8 Å². The van der Waals surface area contributed by atoms with Gasteiger partial charge < -0.3 is 9.30 Å². The SMILES string of the molecule is CCCC(C)CC(C)c1ccc2c(c1)c1ccc(Oc3[c-]c(-n4nc(C)c(-c5ccccc5)c4C)cc(CC(C)(C)C)c3)[c-]c1n2-c1cc(C)ccn1.[Pt+2]. The summed E-state index contributed by atoms with van der Waals surface area (Å²) in [4.78, 5) is 4.83. The summed E-state index contributed by atoms with van der Waals surface area (Å²) in [7, 11) is 0. The largest absolute Gasteiger partial charge is 2.00 e. The molecule has 7 aromatic rings. The molecule has 0 aliphatic heterocycles. The fourth-order valence-corrected chi connectivity index (χ4v) is 8.02. The van der Waals surface area contributed by atoms with Crippen molar-refractivity contribution in [1.82, 2.24) is 19.3 Å². The molecule has 0 amide bonds. The molecule has 0 saturated heterocycles. The smallest absolute Gasteiger partial charge is 0.509 e. The summed E-state index contributed by atoms with van der Waals surface area (Å²) in [5.74, 6) is 3.31. The van der Waals surface area contributed by atoms with Gasteiger partial charge in [-0.3, -0.25) is 4.68 Å². The Balaban J connectivity index is 0.00000497. The first-order valence-corrected chi connectivity index (χ1v) is 19.2. The van der Waals surface area contributed by atoms with Crippen LogP contribution in [0.2, 0.25) is 0 Å². The zero-order chi connectivity index (χ0) is 37.4. The number of ether oxygens (including phenoxy) is 1. The Labute approximate surface area is 336 Å². The van der Waals surface area contributed by atoms with Crippen molar-refractivity contribution in [3.63, 3.8) is 0 Å². The summed E-state index contributed by atoms with van der Waals surface area (Å²) in [6, 6.07) is 37.4. The van der Waals surface area contributed by atoms with Gasteiger partial charge in [0.1, 0.15) is 5.82 Å². The molecule has 7 rings (SSSR count). The van der Waals surface area contributed by atoms with E-state index >= 15 is 0 Å². The summed E-state index contributed by atoms with van der Waals surface area (Å²) in [6.45, 7) is 20.1. The van der Waals surface area contributed by atoms with E-state index in [0.717, 1.165) is 62.4 Å². The molecule has 0 aliphatic carbocycles. The number of aryl methyl sites for hydroxylation is 2. The zero-order valence-electron chi connectivity index (χ0n) is 33.2. The van der Waals surface area contributed by atoms with Gasteiger partial charge in [-0.2, -0.15) is 16.7 Å². The Bertz CT molecular complexity index is 2400. The molecule has 3 heterocycles. The zero-order valence-corrected chi connectivity index (χ0v) is 35.4. The van der Waals surface area contributed by atoms with Crippen LogP contribution in [-0.4, -0.2) is 19.3 Å². The quantitative estimate of drug-likeness (QED) is 0.122. The van der Waals surface area contributed by atoms with Crippen molar-refractivity contribution in [2.75, 3.05) is 0 Å². The van der Waals surface area contributed by atoms with Crippen LogP contribution >= 0.6 is 0 Å². The van der Waals surface area contributed by atoms with E-state index in [-0.39, 0.29) is 26.5 Å². The molecule has 5 nitrogen and oxygen atoms in total. The average Bonchev–Trinajstić information content (AvgIpc) is 3.59. The predicted molar refractivity (Wildman–Crippen MR) is 220 cm³/mol. The van der Waals surface area contributed by atoms with Gasteiger partial charge in [0.15, 0.2) is 0 Å². The summed E-state index contributed by atoms with van der Waals surface area (Å²) in [5, 5.41) is 7.36. The molecule has 0 aliphatic rings. The topological polar surface area (TPSA) is 44.9 Å². The van der Waals surface area contributed by atoms with Crippen LogP contribution in [0.5, 0.6) is 11.5 Å². The second-order valence-corrected chi connectivity index (χ2v) is 16.3. The molecule has 0 bridgehead atoms. The molecule has 54 heavy (non-hydrogen) atoms. The van der Waals surface area contributed by atoms with Gasteiger partial charge in [0.2, 0.25) is 0 Å². The van der Waals surface area contributed by atoms with Gasteiger partial charge in [-0.25, -0.2) is 4.98 Å². The minimum absolute atomic E-state index is 0. The molecule has 0 spiro atoms. The number of fused-ring (bicyclic) bond motifs is 3. The van der Waals surface area contributed by atoms with Crippen LogP contribution in [-0.2, 0) is 27.5 Å². The third kappa shape index (κ3) is 8.27. The summed E-state index contributed by atoms with van der Waals surface area (Å²) < 4.78 is 11.0. The number of benzene rings is 4. The Morgan fingerprint density at radius 2 is 1.61 bits per heavy atom. The van der Waals surface area contributed by atoms with Crippen LogP contribution in [0.15, 0.2) is 91.1 Å². The van der Waals surface area contributed by atoms with E-state index < -0.39 is 0 Å². The van der Waals surface area contributed by atoms with Crippen molar-refractivity contribution in [3.8, 4) is 34.1 Å². The van der Waals surface area contributed by atoms with Crippen LogP contribution < -0.4 is 4.74 Å². The Kier molecular flexibility index (Phi) is 11.7. The van der Waals surface area contributed by atoms with Crippen molar-refractivity contribution in [1.29, 1.82) is 0 Å². The van der Waals surface area contributed by atoms with Gasteiger partial charge in [-0.1, -0.05) is 102 Å². The normalized spacial score (nSPS) is 12.9. The fourth-order valence-electron chi connectivity index (χ4n) is 8.02. The predicted octanol–water partition coefficient (Wildman–Crippen LogP) is 12.9. The van der Waals surface area contributed by atoms with E-state index in [2.05, 4.69) is 146 Å². The van der Waals surface area contributed by atoms with Gasteiger partial charge in [0, 0.05) is 34.5 Å². The van der Waals surface area contributed by atoms with Crippen LogP contribution in [0.3, 0.4) is 0 Å². The van der Waals surface area contributed by atoms with E-state index in [1.165, 1.54) is 35.8 Å². The monoisotopic (exact) mass is 895 g/mol. The van der Waals surface area contributed by atoms with Crippen LogP contribution in [0, 0.1) is 44.2 Å². The van der Waals surface area contributed by atoms with Crippen LogP contribution in [0.1, 0.15) is 94.8 Å². The number of hydrogen-bond donors (Lipinski definition) is 0. The molecule has 6 heteroatoms. The molecule has 2 unspecified atom stereocenters. The molecular weight excluding hydrogens is 844 g/mol. The Morgan fingerprint density at radius 3 is 2.33 bits per heavy atom. The number of rotatable bonds is 11. The second kappa shape index (κ2) is 16.1. The van der Waals surface area contributed by atoms with Gasteiger partial charge in [-0.05, 0) is 96.8 Å². The van der Waals surface area contributed by atoms with E-state index in [1.807, 2.05) is 29.1 Å². The van der Waals surface area contributed by atoms with Crippen molar-refractivity contribution < 1.29 is 25.8 Å². The van der Waals surface area contributed by atoms with Crippen molar-refractivity contribution in [2.45, 2.75) is 93.9 Å². The molecule has 0 radical (unpaired) electrons. The molecular formula is C48H52N4OPt.